The van der Waals surface area contributed by atoms with Gasteiger partial charge in [-0.15, -0.1) is 5.10 Å². The average molecular weight is 431 g/mol. The van der Waals surface area contributed by atoms with Gasteiger partial charge in [0.15, 0.2) is 29.0 Å². The number of amides is 1. The standard InChI is InChI=1S/C20H19F2N5O4/c1-29-16-8-12(9-17(30-2)20(16)31-3)4-7-19(28)23-11-18-24-25-26-27(18)13-5-6-14(21)15(22)10-13/h4-10H,11H2,1-3H3,(H,23,28)/b7-4+. The van der Waals surface area contributed by atoms with Crippen LogP contribution in [0.25, 0.3) is 11.8 Å². The van der Waals surface area contributed by atoms with Crippen molar-refractivity contribution in [2.75, 3.05) is 21.3 Å². The monoisotopic (exact) mass is 431 g/mol. The molecule has 3 aromatic rings. The Morgan fingerprint density at radius 1 is 1.06 bits per heavy atom. The molecular weight excluding hydrogens is 412 g/mol. The van der Waals surface area contributed by atoms with Crippen LogP contribution in [0.15, 0.2) is 36.4 Å². The summed E-state index contributed by atoms with van der Waals surface area (Å²) in [6.45, 7) is -0.0373. The van der Waals surface area contributed by atoms with Gasteiger partial charge in [0, 0.05) is 12.1 Å². The molecule has 1 amide bonds. The first-order valence-corrected chi connectivity index (χ1v) is 8.95. The summed E-state index contributed by atoms with van der Waals surface area (Å²) in [5.41, 5.74) is 0.873. The van der Waals surface area contributed by atoms with Crippen LogP contribution in [0.3, 0.4) is 0 Å². The zero-order valence-electron chi connectivity index (χ0n) is 16.9. The fourth-order valence-corrected chi connectivity index (χ4v) is 2.73. The van der Waals surface area contributed by atoms with E-state index in [4.69, 9.17) is 14.2 Å². The van der Waals surface area contributed by atoms with E-state index in [2.05, 4.69) is 20.8 Å². The Morgan fingerprint density at radius 2 is 1.77 bits per heavy atom. The van der Waals surface area contributed by atoms with Gasteiger partial charge < -0.3 is 19.5 Å². The summed E-state index contributed by atoms with van der Waals surface area (Å²) in [6, 6.07) is 6.63. The zero-order valence-corrected chi connectivity index (χ0v) is 16.9. The summed E-state index contributed by atoms with van der Waals surface area (Å²) in [7, 11) is 4.49. The number of ether oxygens (including phenoxy) is 3. The molecule has 2 aromatic carbocycles. The molecule has 0 aliphatic heterocycles. The van der Waals surface area contributed by atoms with Crippen molar-refractivity contribution in [2.24, 2.45) is 0 Å². The van der Waals surface area contributed by atoms with Gasteiger partial charge >= 0.3 is 0 Å². The molecule has 9 nitrogen and oxygen atoms in total. The summed E-state index contributed by atoms with van der Waals surface area (Å²) in [5, 5.41) is 13.7. The highest BCUT2D eigenvalue weighted by molar-refractivity contribution is 5.91. The fourth-order valence-electron chi connectivity index (χ4n) is 2.73. The van der Waals surface area contributed by atoms with E-state index in [0.29, 0.717) is 22.8 Å². The summed E-state index contributed by atoms with van der Waals surface area (Å²) < 4.78 is 43.6. The molecule has 0 aliphatic rings. The highest BCUT2D eigenvalue weighted by atomic mass is 19.2. The number of tetrazole rings is 1. The molecule has 1 aromatic heterocycles. The van der Waals surface area contributed by atoms with Gasteiger partial charge in [-0.25, -0.2) is 8.78 Å². The fraction of sp³-hybridized carbons (Fsp3) is 0.200. The predicted octanol–water partition coefficient (Wildman–Crippen LogP) is 2.30. The second kappa shape index (κ2) is 9.65. The SMILES string of the molecule is COc1cc(/C=C/C(=O)NCc2nnnn2-c2ccc(F)c(F)c2)cc(OC)c1OC. The zero-order chi connectivity index (χ0) is 22.4. The van der Waals surface area contributed by atoms with E-state index in [1.54, 1.807) is 18.2 Å². The number of carbonyl (C=O) groups is 1. The predicted molar refractivity (Wildman–Crippen MR) is 106 cm³/mol. The molecule has 31 heavy (non-hydrogen) atoms. The summed E-state index contributed by atoms with van der Waals surface area (Å²) >= 11 is 0. The Labute approximate surface area is 176 Å². The minimum absolute atomic E-state index is 0.0373. The third-order valence-electron chi connectivity index (χ3n) is 4.22. The highest BCUT2D eigenvalue weighted by Gasteiger charge is 2.13. The number of nitrogens with one attached hydrogen (secondary N) is 1. The molecule has 3 rings (SSSR count). The van der Waals surface area contributed by atoms with Crippen molar-refractivity contribution in [3.8, 4) is 22.9 Å². The lowest BCUT2D eigenvalue weighted by Crippen LogP contribution is -2.22. The molecule has 0 spiro atoms. The van der Waals surface area contributed by atoms with Crippen molar-refractivity contribution in [2.45, 2.75) is 6.54 Å². The number of halogens is 2. The number of hydrogen-bond acceptors (Lipinski definition) is 7. The van der Waals surface area contributed by atoms with Crippen LogP contribution >= 0.6 is 0 Å². The number of benzene rings is 2. The highest BCUT2D eigenvalue weighted by Crippen LogP contribution is 2.38. The van der Waals surface area contributed by atoms with Gasteiger partial charge in [0.05, 0.1) is 33.6 Å². The Morgan fingerprint density at radius 3 is 2.39 bits per heavy atom. The molecule has 0 aliphatic carbocycles. The molecule has 0 bridgehead atoms. The van der Waals surface area contributed by atoms with Gasteiger partial charge in [-0.05, 0) is 46.3 Å². The van der Waals surface area contributed by atoms with Gasteiger partial charge in [0.1, 0.15) is 0 Å². The van der Waals surface area contributed by atoms with Crippen LogP contribution in [0.4, 0.5) is 8.78 Å². The third-order valence-corrected chi connectivity index (χ3v) is 4.22. The first-order chi connectivity index (χ1) is 15.0. The lowest BCUT2D eigenvalue weighted by molar-refractivity contribution is -0.116. The van der Waals surface area contributed by atoms with Crippen LogP contribution in [0.1, 0.15) is 11.4 Å². The van der Waals surface area contributed by atoms with Gasteiger partial charge in [-0.2, -0.15) is 4.68 Å². The van der Waals surface area contributed by atoms with Crippen LogP contribution in [0.2, 0.25) is 0 Å². The quantitative estimate of drug-likeness (QED) is 0.546. The maximum absolute atomic E-state index is 13.5. The van der Waals surface area contributed by atoms with E-state index < -0.39 is 17.5 Å². The first-order valence-electron chi connectivity index (χ1n) is 8.95. The van der Waals surface area contributed by atoms with Crippen LogP contribution in [-0.4, -0.2) is 47.4 Å². The Balaban J connectivity index is 1.70. The summed E-state index contributed by atoms with van der Waals surface area (Å²) in [4.78, 5) is 12.2. The average Bonchev–Trinajstić information content (AvgIpc) is 3.25. The van der Waals surface area contributed by atoms with E-state index in [1.165, 1.54) is 38.2 Å². The third kappa shape index (κ3) is 4.94. The maximum atomic E-state index is 13.5. The van der Waals surface area contributed by atoms with E-state index in [9.17, 15) is 13.6 Å². The summed E-state index contributed by atoms with van der Waals surface area (Å²) in [6.07, 6.45) is 2.88. The van der Waals surface area contributed by atoms with Crippen molar-refractivity contribution in [3.05, 3.63) is 59.4 Å². The van der Waals surface area contributed by atoms with Crippen LogP contribution in [0.5, 0.6) is 17.2 Å². The van der Waals surface area contributed by atoms with Gasteiger partial charge in [0.2, 0.25) is 11.7 Å². The minimum Gasteiger partial charge on any atom is -0.493 e. The molecule has 0 atom stereocenters. The number of carbonyl (C=O) groups excluding carboxylic acids is 1. The molecule has 162 valence electrons. The van der Waals surface area contributed by atoms with Crippen molar-refractivity contribution in [1.82, 2.24) is 25.5 Å². The van der Waals surface area contributed by atoms with Crippen LogP contribution in [-0.2, 0) is 11.3 Å². The topological polar surface area (TPSA) is 100 Å². The number of aromatic nitrogens is 4. The minimum atomic E-state index is -1.03. The molecule has 0 fully saturated rings. The largest absolute Gasteiger partial charge is 0.493 e. The maximum Gasteiger partial charge on any atom is 0.244 e. The van der Waals surface area contributed by atoms with Crippen LogP contribution < -0.4 is 19.5 Å². The Hall–Kier alpha value is -4.02. The molecule has 0 radical (unpaired) electrons. The van der Waals surface area contributed by atoms with Crippen LogP contribution in [0, 0.1) is 11.6 Å². The molecule has 0 unspecified atom stereocenters. The number of nitrogens with zero attached hydrogens (tertiary/aromatic N) is 4. The van der Waals surface area contributed by atoms with Crippen molar-refractivity contribution < 1.29 is 27.8 Å². The van der Waals surface area contributed by atoms with E-state index in [0.717, 1.165) is 12.1 Å². The lowest BCUT2D eigenvalue weighted by atomic mass is 10.1. The van der Waals surface area contributed by atoms with Gasteiger partial charge in [-0.1, -0.05) is 0 Å². The van der Waals surface area contributed by atoms with Gasteiger partial charge in [-0.3, -0.25) is 4.79 Å². The van der Waals surface area contributed by atoms with Crippen molar-refractivity contribution >= 4 is 12.0 Å². The molecule has 11 heteroatoms. The molecular formula is C20H19F2N5O4. The number of hydrogen-bond donors (Lipinski definition) is 1. The van der Waals surface area contributed by atoms with Crippen molar-refractivity contribution in [1.29, 1.82) is 0 Å². The normalized spacial score (nSPS) is 10.9. The molecule has 0 saturated heterocycles. The second-order valence-corrected chi connectivity index (χ2v) is 6.12. The van der Waals surface area contributed by atoms with E-state index >= 15 is 0 Å². The second-order valence-electron chi connectivity index (χ2n) is 6.12. The summed E-state index contributed by atoms with van der Waals surface area (Å²) in [5.74, 6) is -0.857. The van der Waals surface area contributed by atoms with Crippen molar-refractivity contribution in [3.63, 3.8) is 0 Å². The first kappa shape index (κ1) is 21.7. The van der Waals surface area contributed by atoms with E-state index in [-0.39, 0.29) is 18.1 Å². The lowest BCUT2D eigenvalue weighted by Gasteiger charge is -2.12. The molecule has 0 saturated carbocycles. The molecule has 1 heterocycles. The van der Waals surface area contributed by atoms with E-state index in [1.807, 2.05) is 0 Å². The Kier molecular flexibility index (Phi) is 6.75. The number of methoxy groups -OCH3 is 3. The molecule has 1 N–H and O–H groups in total. The van der Waals surface area contributed by atoms with Gasteiger partial charge in [0.25, 0.3) is 0 Å². The Bertz CT molecular complexity index is 1090. The smallest absolute Gasteiger partial charge is 0.244 e. The number of rotatable bonds is 8.